The first-order chi connectivity index (χ1) is 9.22. The van der Waals surface area contributed by atoms with Gasteiger partial charge < -0.3 is 14.9 Å². The fourth-order valence-corrected chi connectivity index (χ4v) is 2.02. The number of para-hydroxylation sites is 1. The molecule has 0 amide bonds. The van der Waals surface area contributed by atoms with Crippen LogP contribution < -0.4 is 4.74 Å². The van der Waals surface area contributed by atoms with Crippen LogP contribution in [0.3, 0.4) is 0 Å². The van der Waals surface area contributed by atoms with Crippen molar-refractivity contribution in [3.05, 3.63) is 64.7 Å². The predicted molar refractivity (Wildman–Crippen MR) is 74.3 cm³/mol. The van der Waals surface area contributed by atoms with Crippen molar-refractivity contribution in [3.8, 4) is 5.75 Å². The van der Waals surface area contributed by atoms with Crippen LogP contribution in [-0.4, -0.2) is 16.8 Å². The summed E-state index contributed by atoms with van der Waals surface area (Å²) in [4.78, 5) is 0. The molecule has 0 fully saturated rings. The van der Waals surface area contributed by atoms with Gasteiger partial charge in [-0.2, -0.15) is 0 Å². The number of halogens is 1. The number of aliphatic hydroxyl groups excluding tert-OH is 2. The smallest absolute Gasteiger partial charge is 0.143 e. The second-order valence-corrected chi connectivity index (χ2v) is 4.53. The number of hydrogen-bond donors (Lipinski definition) is 2. The fourth-order valence-electron chi connectivity index (χ4n) is 1.77. The number of rotatable bonds is 5. The van der Waals surface area contributed by atoms with Crippen LogP contribution in [0, 0.1) is 0 Å². The molecule has 0 aliphatic heterocycles. The summed E-state index contributed by atoms with van der Waals surface area (Å²) >= 11 is 6.02. The Kier molecular flexibility index (Phi) is 4.80. The molecule has 0 aliphatic carbocycles. The quantitative estimate of drug-likeness (QED) is 0.884. The predicted octanol–water partition coefficient (Wildman–Crippen LogP) is 2.94. The second kappa shape index (κ2) is 6.57. The van der Waals surface area contributed by atoms with E-state index in [-0.39, 0.29) is 13.2 Å². The van der Waals surface area contributed by atoms with E-state index in [9.17, 15) is 10.2 Å². The third-order valence-corrected chi connectivity index (χ3v) is 3.09. The van der Waals surface area contributed by atoms with Crippen LogP contribution in [0.4, 0.5) is 0 Å². The van der Waals surface area contributed by atoms with Crippen molar-refractivity contribution in [3.63, 3.8) is 0 Å². The lowest BCUT2D eigenvalue weighted by Crippen LogP contribution is -2.10. The minimum atomic E-state index is -0.732. The highest BCUT2D eigenvalue weighted by Crippen LogP contribution is 2.29. The van der Waals surface area contributed by atoms with E-state index in [4.69, 9.17) is 16.3 Å². The molecule has 4 heteroatoms. The zero-order chi connectivity index (χ0) is 13.7. The van der Waals surface area contributed by atoms with Gasteiger partial charge >= 0.3 is 0 Å². The zero-order valence-electron chi connectivity index (χ0n) is 10.3. The lowest BCUT2D eigenvalue weighted by Gasteiger charge is -2.15. The molecule has 2 aromatic rings. The number of hydrogen-bond acceptors (Lipinski definition) is 3. The lowest BCUT2D eigenvalue weighted by molar-refractivity contribution is 0.106. The summed E-state index contributed by atoms with van der Waals surface area (Å²) in [6.07, 6.45) is -0.732. The van der Waals surface area contributed by atoms with Crippen molar-refractivity contribution >= 4 is 11.6 Å². The summed E-state index contributed by atoms with van der Waals surface area (Å²) < 4.78 is 5.53. The molecule has 0 heterocycles. The van der Waals surface area contributed by atoms with Crippen LogP contribution in [0.25, 0.3) is 0 Å². The van der Waals surface area contributed by atoms with Gasteiger partial charge in [0.05, 0.1) is 11.6 Å². The van der Waals surface area contributed by atoms with Gasteiger partial charge in [-0.25, -0.2) is 0 Å². The van der Waals surface area contributed by atoms with E-state index >= 15 is 0 Å². The Hall–Kier alpha value is -1.55. The largest absolute Gasteiger partial charge is 0.489 e. The van der Waals surface area contributed by atoms with Crippen LogP contribution in [0.1, 0.15) is 17.2 Å². The Bertz CT molecular complexity index is 528. The number of ether oxygens (including phenoxy) is 1. The van der Waals surface area contributed by atoms with Crippen LogP contribution in [-0.2, 0) is 6.61 Å². The average molecular weight is 279 g/mol. The molecule has 19 heavy (non-hydrogen) atoms. The summed E-state index contributed by atoms with van der Waals surface area (Å²) in [7, 11) is 0. The first kappa shape index (κ1) is 13.9. The molecule has 2 rings (SSSR count). The van der Waals surface area contributed by atoms with Gasteiger partial charge in [0.25, 0.3) is 0 Å². The SMILES string of the molecule is OCc1cccc(Cl)c1OCC(O)c1ccccc1. The highest BCUT2D eigenvalue weighted by molar-refractivity contribution is 6.32. The van der Waals surface area contributed by atoms with Gasteiger partial charge in [-0.1, -0.05) is 54.1 Å². The molecule has 100 valence electrons. The maximum atomic E-state index is 10.0. The van der Waals surface area contributed by atoms with Crippen molar-refractivity contribution < 1.29 is 14.9 Å². The Labute approximate surface area is 117 Å². The molecule has 2 aromatic carbocycles. The van der Waals surface area contributed by atoms with Gasteiger partial charge in [0.15, 0.2) is 0 Å². The van der Waals surface area contributed by atoms with E-state index in [1.807, 2.05) is 30.3 Å². The van der Waals surface area contributed by atoms with E-state index in [0.717, 1.165) is 5.56 Å². The molecule has 3 nitrogen and oxygen atoms in total. The van der Waals surface area contributed by atoms with Crippen molar-refractivity contribution in [2.45, 2.75) is 12.7 Å². The Morgan fingerprint density at radius 1 is 1.05 bits per heavy atom. The third kappa shape index (κ3) is 3.47. The average Bonchev–Trinajstić information content (AvgIpc) is 2.46. The van der Waals surface area contributed by atoms with Crippen LogP contribution in [0.2, 0.25) is 5.02 Å². The maximum absolute atomic E-state index is 10.0. The van der Waals surface area contributed by atoms with Gasteiger partial charge in [0.1, 0.15) is 18.5 Å². The highest BCUT2D eigenvalue weighted by atomic mass is 35.5. The molecule has 0 aromatic heterocycles. The minimum Gasteiger partial charge on any atom is -0.489 e. The van der Waals surface area contributed by atoms with Crippen LogP contribution in [0.5, 0.6) is 5.75 Å². The zero-order valence-corrected chi connectivity index (χ0v) is 11.0. The van der Waals surface area contributed by atoms with E-state index in [2.05, 4.69) is 0 Å². The Balaban J connectivity index is 2.07. The summed E-state index contributed by atoms with van der Waals surface area (Å²) in [6.45, 7) is -0.0714. The van der Waals surface area contributed by atoms with Gasteiger partial charge in [-0.3, -0.25) is 0 Å². The third-order valence-electron chi connectivity index (χ3n) is 2.79. The highest BCUT2D eigenvalue weighted by Gasteiger charge is 2.12. The molecule has 1 unspecified atom stereocenters. The van der Waals surface area contributed by atoms with Gasteiger partial charge in [-0.05, 0) is 11.6 Å². The molecule has 0 saturated heterocycles. The van der Waals surface area contributed by atoms with Crippen molar-refractivity contribution in [2.75, 3.05) is 6.61 Å². The molecule has 0 bridgehead atoms. The van der Waals surface area contributed by atoms with Crippen molar-refractivity contribution in [1.29, 1.82) is 0 Å². The summed E-state index contributed by atoms with van der Waals surface area (Å²) in [6, 6.07) is 14.4. The van der Waals surface area contributed by atoms with E-state index < -0.39 is 6.10 Å². The van der Waals surface area contributed by atoms with E-state index in [0.29, 0.717) is 16.3 Å². The molecular formula is C15H15ClO3. The topological polar surface area (TPSA) is 49.7 Å². The minimum absolute atomic E-state index is 0.0841. The summed E-state index contributed by atoms with van der Waals surface area (Å²) in [5, 5.41) is 19.7. The Morgan fingerprint density at radius 2 is 1.79 bits per heavy atom. The molecule has 0 spiro atoms. The molecule has 0 saturated carbocycles. The van der Waals surface area contributed by atoms with Gasteiger partial charge in [0.2, 0.25) is 0 Å². The number of benzene rings is 2. The van der Waals surface area contributed by atoms with Gasteiger partial charge in [0, 0.05) is 5.56 Å². The summed E-state index contributed by atoms with van der Waals surface area (Å²) in [5.41, 5.74) is 1.38. The molecule has 0 radical (unpaired) electrons. The number of aliphatic hydroxyl groups is 2. The normalized spacial score (nSPS) is 12.2. The van der Waals surface area contributed by atoms with E-state index in [1.54, 1.807) is 18.2 Å². The molecular weight excluding hydrogens is 264 g/mol. The first-order valence-electron chi connectivity index (χ1n) is 5.96. The van der Waals surface area contributed by atoms with Crippen molar-refractivity contribution in [1.82, 2.24) is 0 Å². The van der Waals surface area contributed by atoms with Crippen LogP contribution >= 0.6 is 11.6 Å². The standard InChI is InChI=1S/C15H15ClO3/c16-13-8-4-7-12(9-17)15(13)19-10-14(18)11-5-2-1-3-6-11/h1-8,14,17-18H,9-10H2. The van der Waals surface area contributed by atoms with Crippen LogP contribution in [0.15, 0.2) is 48.5 Å². The maximum Gasteiger partial charge on any atom is 0.143 e. The molecule has 2 N–H and O–H groups in total. The van der Waals surface area contributed by atoms with E-state index in [1.165, 1.54) is 0 Å². The molecule has 0 aliphatic rings. The molecule has 1 atom stereocenters. The Morgan fingerprint density at radius 3 is 2.47 bits per heavy atom. The van der Waals surface area contributed by atoms with Crippen molar-refractivity contribution in [2.24, 2.45) is 0 Å². The first-order valence-corrected chi connectivity index (χ1v) is 6.34. The lowest BCUT2D eigenvalue weighted by atomic mass is 10.1. The monoisotopic (exact) mass is 278 g/mol. The second-order valence-electron chi connectivity index (χ2n) is 4.12. The fraction of sp³-hybridized carbons (Fsp3) is 0.200. The summed E-state index contributed by atoms with van der Waals surface area (Å²) in [5.74, 6) is 0.418. The van der Waals surface area contributed by atoms with Gasteiger partial charge in [-0.15, -0.1) is 0 Å².